The third kappa shape index (κ3) is 94.4. The second-order valence-corrected chi connectivity index (χ2v) is 40.3. The number of hydrogen-bond acceptors (Lipinski definition) is 9. The van der Waals surface area contributed by atoms with E-state index in [1.165, 1.54) is 12.0 Å². The summed E-state index contributed by atoms with van der Waals surface area (Å²) in [7, 11) is 5.85. The van der Waals surface area contributed by atoms with Crippen molar-refractivity contribution >= 4 is 5.97 Å². The number of aliphatic hydroxyl groups excluding tert-OH is 1. The van der Waals surface area contributed by atoms with E-state index in [0.29, 0.717) is 68.4 Å². The van der Waals surface area contributed by atoms with Gasteiger partial charge in [0.25, 0.3) is 0 Å². The lowest BCUT2D eigenvalue weighted by Gasteiger charge is -2.52. The average molecular weight is 1480 g/mol. The summed E-state index contributed by atoms with van der Waals surface area (Å²) in [5, 5.41) is 17.5. The van der Waals surface area contributed by atoms with Gasteiger partial charge in [-0.05, 0) is 120 Å². The molecule has 0 amide bonds. The van der Waals surface area contributed by atoms with Gasteiger partial charge in [-0.25, -0.2) is 4.39 Å². The second kappa shape index (κ2) is 58.2. The number of carbonyl (C=O) groups is 1. The molecule has 5 aliphatic heterocycles. The van der Waals surface area contributed by atoms with Gasteiger partial charge in [-0.15, -0.1) is 6.58 Å². The molecule has 5 aliphatic rings. The van der Waals surface area contributed by atoms with E-state index in [9.17, 15) is 9.18 Å². The summed E-state index contributed by atoms with van der Waals surface area (Å²) in [6, 6.07) is 1.41. The molecule has 0 aromatic heterocycles. The highest BCUT2D eigenvalue weighted by molar-refractivity contribution is 5.70. The number of morpholine rings is 2. The number of methoxy groups -OCH3 is 1. The van der Waals surface area contributed by atoms with E-state index >= 15 is 0 Å². The lowest BCUT2D eigenvalue weighted by Crippen LogP contribution is -2.63. The van der Waals surface area contributed by atoms with Crippen LogP contribution in [-0.4, -0.2) is 161 Å². The molecule has 3 atom stereocenters. The van der Waals surface area contributed by atoms with Crippen LogP contribution in [0.1, 0.15) is 269 Å². The zero-order chi connectivity index (χ0) is 84.3. The molecule has 5 heterocycles. The van der Waals surface area contributed by atoms with Crippen molar-refractivity contribution in [2.24, 2.45) is 71.9 Å². The number of likely N-dealkylation sites (N-methyl/N-ethyl adjacent to an activating group) is 1. The molecule has 105 heavy (non-hydrogen) atoms. The Morgan fingerprint density at radius 1 is 0.562 bits per heavy atom. The smallest absolute Gasteiger partial charge is 0.307 e. The molecular weight excluding hydrogens is 1300 g/mol. The highest BCUT2D eigenvalue weighted by Crippen LogP contribution is 2.31. The molecular formula is C94H181FN4O6. The molecule has 0 aliphatic carbocycles. The Bertz CT molecular complexity index is 2400. The summed E-state index contributed by atoms with van der Waals surface area (Å²) in [4.78, 5) is 20.3. The molecule has 2 bridgehead atoms. The van der Waals surface area contributed by atoms with Crippen LogP contribution < -0.4 is 0 Å². The zero-order valence-electron chi connectivity index (χ0n) is 77.1. The fourth-order valence-electron chi connectivity index (χ4n) is 7.89. The van der Waals surface area contributed by atoms with Gasteiger partial charge in [-0.2, -0.15) is 0 Å². The van der Waals surface area contributed by atoms with Gasteiger partial charge >= 0.3 is 5.97 Å². The van der Waals surface area contributed by atoms with Crippen LogP contribution in [0.4, 0.5) is 4.39 Å². The number of likely N-dealkylation sites (tertiary alicyclic amines) is 1. The maximum atomic E-state index is 12.0. The van der Waals surface area contributed by atoms with Crippen LogP contribution in [0.3, 0.4) is 0 Å². The summed E-state index contributed by atoms with van der Waals surface area (Å²) in [6.45, 7) is 104. The molecule has 2 N–H and O–H groups in total. The number of hydrogen-bond donors (Lipinski definition) is 2. The molecule has 0 radical (unpaired) electrons. The third-order valence-corrected chi connectivity index (χ3v) is 15.2. The number of nitrogens with zero attached hydrogens (tertiary/aromatic N) is 4. The van der Waals surface area contributed by atoms with Crippen LogP contribution in [0.15, 0.2) is 134 Å². The number of fused-ring (bicyclic) bond motifs is 2. The van der Waals surface area contributed by atoms with Gasteiger partial charge in [0.1, 0.15) is 0 Å². The van der Waals surface area contributed by atoms with E-state index in [1.54, 1.807) is 27.9 Å². The van der Waals surface area contributed by atoms with Gasteiger partial charge in [0, 0.05) is 70.4 Å². The number of carboxylic acids is 1. The lowest BCUT2D eigenvalue weighted by molar-refractivity contribution is -0.143. The number of allylic oxidation sites excluding steroid dienone is 12. The number of aliphatic hydroxyl groups is 1. The van der Waals surface area contributed by atoms with Crippen molar-refractivity contribution in [3.8, 4) is 0 Å². The Hall–Kier alpha value is -3.78. The molecule has 10 nitrogen and oxygen atoms in total. The third-order valence-electron chi connectivity index (χ3n) is 15.2. The SMILES string of the molecule is C/C=C/C(C)(C)C.C=C(C)C(C)C.C=C(CO)C(C)(C)C.C=C(F)C(C)(C)C.C=CC(C)(C)C.CC(C)(C)/C=C/CN1C2COCC1C2.CC(C)(C)/C=C/CN1CCCC(C(=O)O)C1.CC(C)(C)/C=C/CN1CCOCC1.CC(C)/C=C/C(C)(C)C.CN(C)C/C=C/C(C)(C)C.COC/C=C/C(C)(C)C. The first-order valence-corrected chi connectivity index (χ1v) is 39.5. The van der Waals surface area contributed by atoms with Crippen LogP contribution in [-0.2, 0) is 19.0 Å². The molecule has 3 unspecified atom stereocenters. The van der Waals surface area contributed by atoms with Crippen molar-refractivity contribution < 1.29 is 33.6 Å². The first-order valence-electron chi connectivity index (χ1n) is 39.5. The van der Waals surface area contributed by atoms with Crippen LogP contribution in [0.2, 0.25) is 0 Å². The van der Waals surface area contributed by atoms with E-state index in [2.05, 4.69) is 333 Å². The Labute approximate surface area is 655 Å². The second-order valence-electron chi connectivity index (χ2n) is 40.3. The van der Waals surface area contributed by atoms with Crippen LogP contribution in [0.5, 0.6) is 0 Å². The van der Waals surface area contributed by atoms with Crippen LogP contribution >= 0.6 is 0 Å². The monoisotopic (exact) mass is 1480 g/mol. The molecule has 0 saturated carbocycles. The Kier molecular flexibility index (Phi) is 63.5. The number of carboxylic acid groups (broad SMARTS) is 1. The van der Waals surface area contributed by atoms with Gasteiger partial charge in [-0.1, -0.05) is 352 Å². The van der Waals surface area contributed by atoms with E-state index in [4.69, 9.17) is 24.4 Å². The number of piperidine rings is 1. The van der Waals surface area contributed by atoms with Crippen molar-refractivity contribution in [1.82, 2.24) is 19.6 Å². The van der Waals surface area contributed by atoms with E-state index in [-0.39, 0.29) is 34.6 Å². The topological polar surface area (TPSA) is 98.2 Å². The Balaban J connectivity index is -0.000000204. The zero-order valence-corrected chi connectivity index (χ0v) is 77.1. The molecule has 0 aromatic carbocycles. The first kappa shape index (κ1) is 115. The Morgan fingerprint density at radius 3 is 1.18 bits per heavy atom. The maximum absolute atomic E-state index is 12.0. The first-order chi connectivity index (χ1) is 47.1. The van der Waals surface area contributed by atoms with Gasteiger partial charge in [0.15, 0.2) is 0 Å². The molecule has 0 spiro atoms. The minimum atomic E-state index is -0.649. The van der Waals surface area contributed by atoms with Crippen LogP contribution in [0, 0.1) is 71.9 Å². The summed E-state index contributed by atoms with van der Waals surface area (Å²) >= 11 is 0. The van der Waals surface area contributed by atoms with Crippen molar-refractivity contribution in [1.29, 1.82) is 0 Å². The average Bonchev–Trinajstić information content (AvgIpc) is 0.788. The molecule has 620 valence electrons. The predicted octanol–water partition coefficient (Wildman–Crippen LogP) is 25.1. The van der Waals surface area contributed by atoms with Gasteiger partial charge < -0.3 is 29.3 Å². The molecule has 0 aromatic rings. The van der Waals surface area contributed by atoms with Crippen molar-refractivity contribution in [2.75, 3.05) is 113 Å². The van der Waals surface area contributed by atoms with Crippen molar-refractivity contribution in [3.05, 3.63) is 134 Å². The fourth-order valence-corrected chi connectivity index (χ4v) is 7.89. The molecule has 5 rings (SSSR count). The van der Waals surface area contributed by atoms with Gasteiger partial charge in [0.05, 0.1) is 51.4 Å². The number of aliphatic carboxylic acids is 1. The van der Waals surface area contributed by atoms with Crippen molar-refractivity contribution in [3.63, 3.8) is 0 Å². The minimum absolute atomic E-state index is 0.0642. The number of halogens is 1. The van der Waals surface area contributed by atoms with E-state index in [0.717, 1.165) is 97.3 Å². The largest absolute Gasteiger partial charge is 0.481 e. The van der Waals surface area contributed by atoms with Crippen LogP contribution in [0.25, 0.3) is 0 Å². The summed E-state index contributed by atoms with van der Waals surface area (Å²) in [5.41, 5.74) is 4.33. The molecule has 5 saturated heterocycles. The maximum Gasteiger partial charge on any atom is 0.307 e. The molecule has 5 fully saturated rings. The van der Waals surface area contributed by atoms with Gasteiger partial charge in [0.2, 0.25) is 0 Å². The van der Waals surface area contributed by atoms with E-state index < -0.39 is 5.97 Å². The summed E-state index contributed by atoms with van der Waals surface area (Å²) in [5.74, 6) is 0.267. The number of rotatable bonds is 14. The highest BCUT2D eigenvalue weighted by atomic mass is 19.1. The lowest BCUT2D eigenvalue weighted by atomic mass is 9.88. The van der Waals surface area contributed by atoms with Crippen molar-refractivity contribution in [2.45, 2.75) is 281 Å². The summed E-state index contributed by atoms with van der Waals surface area (Å²) in [6.07, 6.45) is 36.1. The highest BCUT2D eigenvalue weighted by Gasteiger charge is 2.41. The minimum Gasteiger partial charge on any atom is -0.481 e. The molecule has 11 heteroatoms. The predicted molar refractivity (Wildman–Crippen MR) is 470 cm³/mol. The quantitative estimate of drug-likeness (QED) is 0.164. The standard InChI is InChI=1S/C13H23NO2.C12H21NO.C11H21NO.C9H19N.C9H18.C8H16O.C7H14O.C7H14.C6H11F.2C6H12/c1-13(2,3)7-5-9-14-8-4-6-11(10-14)12(15)16;1-12(2,3)5-4-6-13-10-7-11(13)9-14-8-10;1-11(2,3)5-4-6-12-7-9-13-10-8-12;1-9(2,3)7-6-8-10(4)5;1-8(2)6-7-9(3,4)5;1-8(2,3)6-5-7-9-4;1-6(5-8)7(2,3)4;1-5-6-7(2,3)4;1-5(7)6(2,3)4;1-5-6(2,3)4;1-5(2)6(3)4/h5,7,11H,4,6,8-10H2,1-3H3,(H,15,16);4-5,10-11H,6-9H2,1-3H3;4-5H,6-10H2,1-3H3;6-7H,8H2,1-5H3;6-8H,1-5H3;5-6H,7H2,1-4H3;8H,1,5H2,2-4H3;5-6H,1-4H3;1H2,2-4H3;5H,1H2,2-4H3;6H,1H2,2-4H3/b7-5+;2*5-4+;2*7-6+;6-5+;;6-5+;;;. The fraction of sp³-hybridized carbons (Fsp3) is 0.755. The number of ether oxygens (including phenoxy) is 3. The normalized spacial score (nSPS) is 17.9. The Morgan fingerprint density at radius 2 is 0.924 bits per heavy atom. The van der Waals surface area contributed by atoms with E-state index in [1.807, 2.05) is 46.8 Å². The summed E-state index contributed by atoms with van der Waals surface area (Å²) < 4.78 is 27.6. The van der Waals surface area contributed by atoms with Gasteiger partial charge in [-0.3, -0.25) is 19.5 Å².